The summed E-state index contributed by atoms with van der Waals surface area (Å²) in [5, 5.41) is 10.7. The Morgan fingerprint density at radius 1 is 1.32 bits per heavy atom. The number of carbonyl (C=O) groups excluding carboxylic acids is 1. The molecule has 4 heterocycles. The van der Waals surface area contributed by atoms with Crippen molar-refractivity contribution in [1.29, 1.82) is 0 Å². The van der Waals surface area contributed by atoms with Gasteiger partial charge < -0.3 is 14.2 Å². The normalized spacial score (nSPS) is 19.3. The average Bonchev–Trinajstić information content (AvgIpc) is 3.39. The molecule has 1 aromatic carbocycles. The minimum absolute atomic E-state index is 0.0285. The molecule has 0 radical (unpaired) electrons. The molecular formula is C17H15N5O3. The van der Waals surface area contributed by atoms with Gasteiger partial charge in [0.25, 0.3) is 0 Å². The van der Waals surface area contributed by atoms with E-state index < -0.39 is 0 Å². The second-order valence-electron chi connectivity index (χ2n) is 6.24. The summed E-state index contributed by atoms with van der Waals surface area (Å²) in [7, 11) is 0. The van der Waals surface area contributed by atoms with Gasteiger partial charge in [0, 0.05) is 31.1 Å². The molecule has 0 spiro atoms. The molecule has 1 fully saturated rings. The molecule has 2 aliphatic rings. The van der Waals surface area contributed by atoms with Crippen molar-refractivity contribution in [2.45, 2.75) is 18.8 Å². The summed E-state index contributed by atoms with van der Waals surface area (Å²) in [4.78, 5) is 18.4. The van der Waals surface area contributed by atoms with Gasteiger partial charge in [0.05, 0.1) is 24.4 Å². The highest BCUT2D eigenvalue weighted by molar-refractivity contribution is 5.96. The van der Waals surface area contributed by atoms with Crippen molar-refractivity contribution in [3.63, 3.8) is 0 Å². The van der Waals surface area contributed by atoms with E-state index in [2.05, 4.69) is 20.3 Å². The Hall–Kier alpha value is -3.16. The zero-order valence-electron chi connectivity index (χ0n) is 13.3. The summed E-state index contributed by atoms with van der Waals surface area (Å²) in [6.45, 7) is 1.22. The van der Waals surface area contributed by atoms with Gasteiger partial charge in [-0.15, -0.1) is 0 Å². The van der Waals surface area contributed by atoms with E-state index in [1.54, 1.807) is 17.3 Å². The van der Waals surface area contributed by atoms with Crippen LogP contribution in [0.4, 0.5) is 5.69 Å². The standard InChI is InChI=1S/C17H15N5O3/c23-15-6-12(9-22(15)13-7-18-19-8-13)17-20-16(21-25-17)11-1-2-14-10(5-11)3-4-24-14/h1-2,5,7-8,12H,3-4,6,9H2,(H,18,19)/t12-/m1/s1. The van der Waals surface area contributed by atoms with Crippen molar-refractivity contribution in [3.05, 3.63) is 42.0 Å². The summed E-state index contributed by atoms with van der Waals surface area (Å²) < 4.78 is 11.0. The van der Waals surface area contributed by atoms with E-state index in [0.29, 0.717) is 31.3 Å². The predicted molar refractivity (Wildman–Crippen MR) is 87.2 cm³/mol. The molecule has 126 valence electrons. The van der Waals surface area contributed by atoms with Crippen molar-refractivity contribution in [2.24, 2.45) is 0 Å². The first-order valence-electron chi connectivity index (χ1n) is 8.17. The van der Waals surface area contributed by atoms with E-state index in [-0.39, 0.29) is 11.8 Å². The van der Waals surface area contributed by atoms with Crippen LogP contribution in [0, 0.1) is 0 Å². The Morgan fingerprint density at radius 3 is 3.16 bits per heavy atom. The Labute approximate surface area is 142 Å². The highest BCUT2D eigenvalue weighted by Crippen LogP contribution is 2.33. The van der Waals surface area contributed by atoms with E-state index >= 15 is 0 Å². The van der Waals surface area contributed by atoms with Gasteiger partial charge >= 0.3 is 0 Å². The molecule has 1 atom stereocenters. The number of fused-ring (bicyclic) bond motifs is 1. The van der Waals surface area contributed by atoms with Gasteiger partial charge in [-0.3, -0.25) is 9.89 Å². The molecule has 0 unspecified atom stereocenters. The number of nitrogens with zero attached hydrogens (tertiary/aromatic N) is 4. The maximum Gasteiger partial charge on any atom is 0.232 e. The van der Waals surface area contributed by atoms with Crippen LogP contribution in [0.3, 0.4) is 0 Å². The van der Waals surface area contributed by atoms with Crippen LogP contribution in [0.15, 0.2) is 35.1 Å². The average molecular weight is 337 g/mol. The van der Waals surface area contributed by atoms with Crippen molar-refractivity contribution < 1.29 is 14.1 Å². The molecule has 2 aliphatic heterocycles. The fourth-order valence-electron chi connectivity index (χ4n) is 3.36. The zero-order chi connectivity index (χ0) is 16.8. The number of amides is 1. The molecule has 3 aromatic rings. The number of hydrogen-bond acceptors (Lipinski definition) is 6. The smallest absolute Gasteiger partial charge is 0.232 e. The maximum absolute atomic E-state index is 12.2. The Balaban J connectivity index is 1.39. The molecule has 2 aromatic heterocycles. The van der Waals surface area contributed by atoms with Gasteiger partial charge in [-0.1, -0.05) is 5.16 Å². The molecule has 8 heteroatoms. The Kier molecular flexibility index (Phi) is 3.09. The van der Waals surface area contributed by atoms with Gasteiger partial charge in [-0.05, 0) is 23.8 Å². The monoisotopic (exact) mass is 337 g/mol. The number of anilines is 1. The number of nitrogens with one attached hydrogen (secondary N) is 1. The van der Waals surface area contributed by atoms with Crippen LogP contribution in [0.2, 0.25) is 0 Å². The third-order valence-electron chi connectivity index (χ3n) is 4.66. The lowest BCUT2D eigenvalue weighted by Gasteiger charge is -2.12. The Morgan fingerprint density at radius 2 is 2.28 bits per heavy atom. The fraction of sp³-hybridized carbons (Fsp3) is 0.294. The molecular weight excluding hydrogens is 322 g/mol. The summed E-state index contributed by atoms with van der Waals surface area (Å²) in [5.74, 6) is 1.87. The third kappa shape index (κ3) is 2.37. The SMILES string of the molecule is O=C1C[C@@H](c2nc(-c3ccc4c(c3)CCO4)no2)CN1c1cn[nH]c1. The van der Waals surface area contributed by atoms with Gasteiger partial charge in [0.1, 0.15) is 5.75 Å². The number of H-pyrrole nitrogens is 1. The molecule has 1 N–H and O–H groups in total. The van der Waals surface area contributed by atoms with Crippen molar-refractivity contribution in [3.8, 4) is 17.1 Å². The number of ether oxygens (including phenoxy) is 1. The van der Waals surface area contributed by atoms with E-state index in [0.717, 1.165) is 29.0 Å². The molecule has 1 amide bonds. The van der Waals surface area contributed by atoms with Gasteiger partial charge in [0.2, 0.25) is 17.6 Å². The minimum atomic E-state index is -0.110. The molecule has 5 rings (SSSR count). The lowest BCUT2D eigenvalue weighted by Crippen LogP contribution is -2.23. The lowest BCUT2D eigenvalue weighted by atomic mass is 10.1. The first-order chi connectivity index (χ1) is 12.3. The Bertz CT molecular complexity index is 934. The van der Waals surface area contributed by atoms with Gasteiger partial charge in [0.15, 0.2) is 0 Å². The van der Waals surface area contributed by atoms with Crippen molar-refractivity contribution in [1.82, 2.24) is 20.3 Å². The largest absolute Gasteiger partial charge is 0.493 e. The highest BCUT2D eigenvalue weighted by atomic mass is 16.5. The van der Waals surface area contributed by atoms with Crippen LogP contribution in [0.25, 0.3) is 11.4 Å². The summed E-state index contributed by atoms with van der Waals surface area (Å²) in [5.41, 5.74) is 2.81. The molecule has 1 saturated heterocycles. The van der Waals surface area contributed by atoms with E-state index in [1.165, 1.54) is 0 Å². The molecule has 0 aliphatic carbocycles. The second kappa shape index (κ2) is 5.44. The van der Waals surface area contributed by atoms with Gasteiger partial charge in [-0.2, -0.15) is 10.1 Å². The van der Waals surface area contributed by atoms with Crippen LogP contribution >= 0.6 is 0 Å². The predicted octanol–water partition coefficient (Wildman–Crippen LogP) is 1.92. The number of hydrogen-bond donors (Lipinski definition) is 1. The summed E-state index contributed by atoms with van der Waals surface area (Å²) in [6, 6.07) is 5.90. The first-order valence-corrected chi connectivity index (χ1v) is 8.17. The van der Waals surface area contributed by atoms with Crippen LogP contribution in [-0.2, 0) is 11.2 Å². The van der Waals surface area contributed by atoms with Crippen LogP contribution in [0.5, 0.6) is 5.75 Å². The number of carbonyl (C=O) groups is 1. The molecule has 8 nitrogen and oxygen atoms in total. The number of aromatic amines is 1. The second-order valence-corrected chi connectivity index (χ2v) is 6.24. The molecule has 0 bridgehead atoms. The van der Waals surface area contributed by atoms with E-state index in [9.17, 15) is 4.79 Å². The van der Waals surface area contributed by atoms with Crippen LogP contribution in [0.1, 0.15) is 23.8 Å². The topological polar surface area (TPSA) is 97.1 Å². The van der Waals surface area contributed by atoms with Crippen LogP contribution in [-0.4, -0.2) is 39.4 Å². The third-order valence-corrected chi connectivity index (χ3v) is 4.66. The maximum atomic E-state index is 12.2. The van der Waals surface area contributed by atoms with E-state index in [4.69, 9.17) is 9.26 Å². The lowest BCUT2D eigenvalue weighted by molar-refractivity contribution is -0.117. The first kappa shape index (κ1) is 14.2. The van der Waals surface area contributed by atoms with Crippen molar-refractivity contribution in [2.75, 3.05) is 18.1 Å². The van der Waals surface area contributed by atoms with E-state index in [1.807, 2.05) is 18.2 Å². The zero-order valence-corrected chi connectivity index (χ0v) is 13.3. The van der Waals surface area contributed by atoms with Crippen molar-refractivity contribution >= 4 is 11.6 Å². The number of aromatic nitrogens is 4. The molecule has 0 saturated carbocycles. The minimum Gasteiger partial charge on any atom is -0.493 e. The number of benzene rings is 1. The highest BCUT2D eigenvalue weighted by Gasteiger charge is 2.35. The summed E-state index contributed by atoms with van der Waals surface area (Å²) >= 11 is 0. The molecule has 25 heavy (non-hydrogen) atoms. The quantitative estimate of drug-likeness (QED) is 0.784. The summed E-state index contributed by atoms with van der Waals surface area (Å²) in [6.07, 6.45) is 4.58. The van der Waals surface area contributed by atoms with Gasteiger partial charge in [-0.25, -0.2) is 0 Å². The number of rotatable bonds is 3. The fourth-order valence-corrected chi connectivity index (χ4v) is 3.36. The van der Waals surface area contributed by atoms with Crippen LogP contribution < -0.4 is 9.64 Å².